The summed E-state index contributed by atoms with van der Waals surface area (Å²) in [6, 6.07) is 8.36. The summed E-state index contributed by atoms with van der Waals surface area (Å²) in [6.45, 7) is 4.52. The molecule has 0 unspecified atom stereocenters. The molecule has 0 fully saturated rings. The highest BCUT2D eigenvalue weighted by molar-refractivity contribution is 7.71. The minimum absolute atomic E-state index is 0.152. The number of hydrogen-bond acceptors (Lipinski definition) is 5. The Balaban J connectivity index is 1.59. The molecule has 30 heavy (non-hydrogen) atoms. The van der Waals surface area contributed by atoms with Crippen LogP contribution in [0.3, 0.4) is 0 Å². The highest BCUT2D eigenvalue weighted by Crippen LogP contribution is 2.11. The average Bonchev–Trinajstić information content (AvgIpc) is 2.75. The summed E-state index contributed by atoms with van der Waals surface area (Å²) in [5, 5.41) is 5.92. The van der Waals surface area contributed by atoms with Crippen LogP contribution in [0.2, 0.25) is 0 Å². The molecule has 2 amide bonds. The van der Waals surface area contributed by atoms with Crippen molar-refractivity contribution < 1.29 is 9.59 Å². The lowest BCUT2D eigenvalue weighted by molar-refractivity contribution is -0.121. The van der Waals surface area contributed by atoms with Crippen molar-refractivity contribution in [3.05, 3.63) is 81.6 Å². The van der Waals surface area contributed by atoms with Crippen LogP contribution in [-0.4, -0.2) is 32.9 Å². The Kier molecular flexibility index (Phi) is 6.87. The summed E-state index contributed by atoms with van der Waals surface area (Å²) >= 11 is 5.21. The van der Waals surface area contributed by atoms with Crippen molar-refractivity contribution in [1.82, 2.24) is 25.2 Å². The molecule has 0 atom stereocenters. The van der Waals surface area contributed by atoms with Gasteiger partial charge in [0.05, 0.1) is 10.9 Å². The first-order chi connectivity index (χ1) is 14.5. The second-order valence-electron chi connectivity index (χ2n) is 6.53. The van der Waals surface area contributed by atoms with Gasteiger partial charge in [-0.25, -0.2) is 0 Å². The highest BCUT2D eigenvalue weighted by atomic mass is 32.1. The van der Waals surface area contributed by atoms with E-state index in [2.05, 4.69) is 27.2 Å². The Morgan fingerprint density at radius 3 is 2.70 bits per heavy atom. The van der Waals surface area contributed by atoms with Crippen molar-refractivity contribution in [3.8, 4) is 0 Å². The number of H-pyrrole nitrogens is 1. The predicted molar refractivity (Wildman–Crippen MR) is 117 cm³/mol. The number of carbonyl (C=O) groups is 2. The molecule has 1 aromatic carbocycles. The third-order valence-corrected chi connectivity index (χ3v) is 4.75. The lowest BCUT2D eigenvalue weighted by Gasteiger charge is -2.09. The van der Waals surface area contributed by atoms with Crippen LogP contribution in [0.5, 0.6) is 0 Å². The van der Waals surface area contributed by atoms with Crippen molar-refractivity contribution in [3.63, 3.8) is 0 Å². The minimum Gasteiger partial charge on any atom is -0.352 e. The van der Waals surface area contributed by atoms with Gasteiger partial charge in [0, 0.05) is 44.0 Å². The van der Waals surface area contributed by atoms with E-state index >= 15 is 0 Å². The first-order valence-electron chi connectivity index (χ1n) is 9.31. The fraction of sp³-hybridized carbons (Fsp3) is 0.190. The zero-order valence-electron chi connectivity index (χ0n) is 16.2. The number of nitrogens with one attached hydrogen (secondary N) is 3. The van der Waals surface area contributed by atoms with Crippen molar-refractivity contribution in [2.24, 2.45) is 0 Å². The number of rotatable bonds is 8. The Morgan fingerprint density at radius 1 is 1.20 bits per heavy atom. The van der Waals surface area contributed by atoms with Crippen molar-refractivity contribution >= 4 is 34.9 Å². The Labute approximate surface area is 177 Å². The van der Waals surface area contributed by atoms with E-state index in [9.17, 15) is 14.4 Å². The molecule has 0 aliphatic heterocycles. The molecule has 8 nitrogen and oxygen atoms in total. The molecule has 0 saturated carbocycles. The van der Waals surface area contributed by atoms with Gasteiger partial charge in [0.2, 0.25) is 5.91 Å². The van der Waals surface area contributed by atoms with Crippen molar-refractivity contribution in [1.29, 1.82) is 0 Å². The van der Waals surface area contributed by atoms with Crippen LogP contribution >= 0.6 is 12.2 Å². The maximum absolute atomic E-state index is 12.5. The van der Waals surface area contributed by atoms with Crippen LogP contribution in [0, 0.1) is 4.77 Å². The lowest BCUT2D eigenvalue weighted by Crippen LogP contribution is -2.30. The molecule has 3 N–H and O–H groups in total. The zero-order chi connectivity index (χ0) is 21.5. The number of nitrogens with zero attached hydrogens (tertiary/aromatic N) is 2. The molecule has 0 aliphatic carbocycles. The topological polar surface area (TPSA) is 109 Å². The molecular weight excluding hydrogens is 402 g/mol. The van der Waals surface area contributed by atoms with E-state index < -0.39 is 0 Å². The molecule has 154 valence electrons. The van der Waals surface area contributed by atoms with Crippen LogP contribution < -0.4 is 16.2 Å². The number of amides is 2. The summed E-state index contributed by atoms with van der Waals surface area (Å²) < 4.78 is 1.66. The molecular formula is C21H21N5O3S. The number of fused-ring (bicyclic) bond motifs is 1. The molecule has 2 heterocycles. The molecule has 0 bridgehead atoms. The summed E-state index contributed by atoms with van der Waals surface area (Å²) in [5.74, 6) is -0.508. The molecule has 0 spiro atoms. The average molecular weight is 423 g/mol. The van der Waals surface area contributed by atoms with Gasteiger partial charge in [0.1, 0.15) is 0 Å². The molecule has 0 aliphatic rings. The number of hydrogen-bond donors (Lipinski definition) is 3. The van der Waals surface area contributed by atoms with Gasteiger partial charge in [-0.3, -0.25) is 23.9 Å². The third-order valence-electron chi connectivity index (χ3n) is 4.43. The number of pyridine rings is 1. The third kappa shape index (κ3) is 5.06. The summed E-state index contributed by atoms with van der Waals surface area (Å²) in [5.41, 5.74) is 1.55. The Morgan fingerprint density at radius 2 is 1.97 bits per heavy atom. The maximum Gasteiger partial charge on any atom is 0.262 e. The summed E-state index contributed by atoms with van der Waals surface area (Å²) in [6.07, 6.45) is 5.06. The van der Waals surface area contributed by atoms with Crippen LogP contribution in [0.15, 0.2) is 60.2 Å². The largest absolute Gasteiger partial charge is 0.352 e. The molecule has 0 saturated heterocycles. The predicted octanol–water partition coefficient (Wildman–Crippen LogP) is 2.08. The zero-order valence-corrected chi connectivity index (χ0v) is 17.0. The molecule has 2 aromatic heterocycles. The normalized spacial score (nSPS) is 10.5. The van der Waals surface area contributed by atoms with E-state index in [0.29, 0.717) is 29.6 Å². The molecule has 9 heteroatoms. The first-order valence-corrected chi connectivity index (χ1v) is 9.72. The van der Waals surface area contributed by atoms with Gasteiger partial charge in [0.15, 0.2) is 4.77 Å². The van der Waals surface area contributed by atoms with Crippen LogP contribution in [0.1, 0.15) is 22.3 Å². The summed E-state index contributed by atoms with van der Waals surface area (Å²) in [7, 11) is 0. The van der Waals surface area contributed by atoms with Crippen molar-refractivity contribution in [2.75, 3.05) is 6.54 Å². The highest BCUT2D eigenvalue weighted by Gasteiger charge is 2.10. The van der Waals surface area contributed by atoms with Gasteiger partial charge in [-0.1, -0.05) is 6.08 Å². The molecule has 0 radical (unpaired) electrons. The van der Waals surface area contributed by atoms with Crippen LogP contribution in [0.4, 0.5) is 0 Å². The van der Waals surface area contributed by atoms with Gasteiger partial charge in [-0.15, -0.1) is 6.58 Å². The van der Waals surface area contributed by atoms with Gasteiger partial charge in [0.25, 0.3) is 11.5 Å². The van der Waals surface area contributed by atoms with Gasteiger partial charge < -0.3 is 15.6 Å². The fourth-order valence-electron chi connectivity index (χ4n) is 2.87. The van der Waals surface area contributed by atoms with E-state index in [0.717, 1.165) is 5.56 Å². The van der Waals surface area contributed by atoms with E-state index in [4.69, 9.17) is 12.2 Å². The number of carbonyl (C=O) groups excluding carboxylic acids is 2. The van der Waals surface area contributed by atoms with Crippen molar-refractivity contribution in [2.45, 2.75) is 19.5 Å². The van der Waals surface area contributed by atoms with Gasteiger partial charge in [-0.2, -0.15) is 0 Å². The Hall–Kier alpha value is -3.59. The second kappa shape index (κ2) is 9.75. The fourth-order valence-corrected chi connectivity index (χ4v) is 3.14. The SMILES string of the molecule is C=CCn1c(=S)[nH]c2cc(C(=O)NCCC(=O)NCc3ccncc3)ccc2c1=O. The minimum atomic E-state index is -0.339. The number of aromatic nitrogens is 3. The smallest absolute Gasteiger partial charge is 0.262 e. The lowest BCUT2D eigenvalue weighted by atomic mass is 10.1. The number of benzene rings is 1. The first kappa shape index (κ1) is 21.1. The van der Waals surface area contributed by atoms with E-state index in [1.54, 1.807) is 36.7 Å². The van der Waals surface area contributed by atoms with Crippen LogP contribution in [-0.2, 0) is 17.9 Å². The number of aromatic amines is 1. The van der Waals surface area contributed by atoms with Gasteiger partial charge in [-0.05, 0) is 48.1 Å². The summed E-state index contributed by atoms with van der Waals surface area (Å²) in [4.78, 5) is 43.7. The standard InChI is InChI=1S/C21H21N5O3S/c1-2-11-26-20(29)16-4-3-15(12-17(16)25-21(26)30)19(28)23-10-7-18(27)24-13-14-5-8-22-9-6-14/h2-6,8-9,12H,1,7,10-11,13H2,(H,23,28)(H,24,27)(H,25,30). The molecule has 3 aromatic rings. The monoisotopic (exact) mass is 423 g/mol. The maximum atomic E-state index is 12.5. The van der Waals surface area contributed by atoms with Crippen LogP contribution in [0.25, 0.3) is 10.9 Å². The van der Waals surface area contributed by atoms with Gasteiger partial charge >= 0.3 is 0 Å². The number of allylic oxidation sites excluding steroid dienone is 1. The quantitative estimate of drug-likeness (QED) is 0.380. The Bertz CT molecular complexity index is 1200. The molecule has 3 rings (SSSR count). The second-order valence-corrected chi connectivity index (χ2v) is 6.92. The van der Waals surface area contributed by atoms with E-state index in [1.165, 1.54) is 4.57 Å². The van der Waals surface area contributed by atoms with E-state index in [1.807, 2.05) is 12.1 Å². The van der Waals surface area contributed by atoms with E-state index in [-0.39, 0.29) is 35.1 Å².